The van der Waals surface area contributed by atoms with E-state index in [2.05, 4.69) is 25.6 Å². The summed E-state index contributed by atoms with van der Waals surface area (Å²) in [5, 5.41) is 5.66. The van der Waals surface area contributed by atoms with E-state index in [0.717, 1.165) is 13.0 Å². The van der Waals surface area contributed by atoms with Crippen LogP contribution in [0.3, 0.4) is 0 Å². The van der Waals surface area contributed by atoms with Gasteiger partial charge in [0, 0.05) is 6.54 Å². The van der Waals surface area contributed by atoms with Gasteiger partial charge in [-0.05, 0) is 18.0 Å². The second kappa shape index (κ2) is 6.06. The number of nitrogens with one attached hydrogen (secondary N) is 2. The van der Waals surface area contributed by atoms with Crippen LogP contribution < -0.4 is 16.4 Å². The fourth-order valence-electron chi connectivity index (χ4n) is 0.911. The number of rotatable bonds is 6. The molecule has 0 aliphatic rings. The lowest BCUT2D eigenvalue weighted by Gasteiger charge is -2.06. The molecule has 0 saturated heterocycles. The lowest BCUT2D eigenvalue weighted by Crippen LogP contribution is -2.23. The number of hydrogen-bond acceptors (Lipinski definition) is 6. The molecule has 1 rings (SSSR count). The third kappa shape index (κ3) is 4.26. The molecule has 0 radical (unpaired) electrons. The van der Waals surface area contributed by atoms with E-state index in [-0.39, 0.29) is 17.8 Å². The molecule has 1 aromatic heterocycles. The highest BCUT2D eigenvalue weighted by Crippen LogP contribution is 2.08. The number of nitrogens with zero attached hydrogens (tertiary/aromatic N) is 3. The van der Waals surface area contributed by atoms with E-state index in [1.165, 1.54) is 0 Å². The van der Waals surface area contributed by atoms with Crippen LogP contribution >= 0.6 is 11.6 Å². The maximum absolute atomic E-state index is 10.6. The van der Waals surface area contributed by atoms with Gasteiger partial charge in [-0.25, -0.2) is 0 Å². The predicted octanol–water partition coefficient (Wildman–Crippen LogP) is 0.244. The van der Waals surface area contributed by atoms with Crippen LogP contribution in [0, 0.1) is 0 Å². The highest BCUT2D eigenvalue weighted by molar-refractivity contribution is 6.28. The molecule has 0 aliphatic heterocycles. The van der Waals surface area contributed by atoms with Gasteiger partial charge in [-0.3, -0.25) is 4.79 Å². The molecule has 1 aromatic rings. The fraction of sp³-hybridized carbons (Fsp3) is 0.500. The summed E-state index contributed by atoms with van der Waals surface area (Å²) in [7, 11) is 0. The Morgan fingerprint density at radius 3 is 2.50 bits per heavy atom. The third-order valence-corrected chi connectivity index (χ3v) is 1.73. The van der Waals surface area contributed by atoms with Crippen molar-refractivity contribution in [2.45, 2.75) is 13.3 Å². The van der Waals surface area contributed by atoms with Crippen LogP contribution in [0.5, 0.6) is 0 Å². The highest BCUT2D eigenvalue weighted by Gasteiger charge is 2.04. The summed E-state index contributed by atoms with van der Waals surface area (Å²) in [4.78, 5) is 22.2. The maximum atomic E-state index is 10.6. The Kier molecular flexibility index (Phi) is 4.71. The van der Waals surface area contributed by atoms with Gasteiger partial charge in [-0.15, -0.1) is 0 Å². The van der Waals surface area contributed by atoms with E-state index in [1.54, 1.807) is 0 Å². The zero-order valence-corrected chi connectivity index (χ0v) is 9.58. The van der Waals surface area contributed by atoms with Crippen LogP contribution in [0.4, 0.5) is 11.9 Å². The molecule has 7 nitrogen and oxygen atoms in total. The van der Waals surface area contributed by atoms with Crippen molar-refractivity contribution in [2.24, 2.45) is 5.73 Å². The van der Waals surface area contributed by atoms with Gasteiger partial charge in [0.25, 0.3) is 0 Å². The summed E-state index contributed by atoms with van der Waals surface area (Å²) >= 11 is 5.69. The summed E-state index contributed by atoms with van der Waals surface area (Å²) in [5.41, 5.74) is 4.98. The lowest BCUT2D eigenvalue weighted by atomic mass is 10.5. The summed E-state index contributed by atoms with van der Waals surface area (Å²) in [5.74, 6) is 0.0887. The number of primary amides is 1. The molecule has 0 atom stereocenters. The molecule has 0 aromatic carbocycles. The normalized spacial score (nSPS) is 9.88. The lowest BCUT2D eigenvalue weighted by molar-refractivity contribution is -0.116. The smallest absolute Gasteiger partial charge is 0.236 e. The number of halogens is 1. The van der Waals surface area contributed by atoms with Gasteiger partial charge < -0.3 is 16.4 Å². The van der Waals surface area contributed by atoms with Crippen molar-refractivity contribution in [3.8, 4) is 0 Å². The molecule has 0 fully saturated rings. The zero-order valence-electron chi connectivity index (χ0n) is 8.83. The van der Waals surface area contributed by atoms with Crippen LogP contribution in [0.15, 0.2) is 0 Å². The number of nitrogens with two attached hydrogens (primary N) is 1. The molecular weight excluding hydrogens is 232 g/mol. The summed E-state index contributed by atoms with van der Waals surface area (Å²) in [6.07, 6.45) is 0.938. The number of carbonyl (C=O) groups excluding carboxylic acids is 1. The molecule has 0 bridgehead atoms. The van der Waals surface area contributed by atoms with E-state index in [4.69, 9.17) is 17.3 Å². The van der Waals surface area contributed by atoms with Crippen LogP contribution in [0.1, 0.15) is 13.3 Å². The Balaban J connectivity index is 2.69. The van der Waals surface area contributed by atoms with Crippen molar-refractivity contribution in [2.75, 3.05) is 23.7 Å². The molecule has 0 aliphatic carbocycles. The first kappa shape index (κ1) is 12.4. The minimum Gasteiger partial charge on any atom is -0.368 e. The number of aromatic nitrogens is 3. The minimum atomic E-state index is -0.500. The second-order valence-electron chi connectivity index (χ2n) is 3.00. The molecule has 16 heavy (non-hydrogen) atoms. The first-order chi connectivity index (χ1) is 7.61. The molecule has 88 valence electrons. The summed E-state index contributed by atoms with van der Waals surface area (Å²) < 4.78 is 0. The van der Waals surface area contributed by atoms with Gasteiger partial charge in [0.05, 0.1) is 6.54 Å². The molecule has 0 spiro atoms. The average Bonchev–Trinajstić information content (AvgIpc) is 2.23. The van der Waals surface area contributed by atoms with Crippen LogP contribution in [0.2, 0.25) is 5.28 Å². The molecule has 8 heteroatoms. The fourth-order valence-corrected chi connectivity index (χ4v) is 1.07. The molecular formula is C8H13ClN6O. The second-order valence-corrected chi connectivity index (χ2v) is 3.34. The van der Waals surface area contributed by atoms with Crippen LogP contribution in [0.25, 0.3) is 0 Å². The average molecular weight is 245 g/mol. The quantitative estimate of drug-likeness (QED) is 0.662. The van der Waals surface area contributed by atoms with Crippen LogP contribution in [-0.2, 0) is 4.79 Å². The van der Waals surface area contributed by atoms with Crippen molar-refractivity contribution >= 4 is 29.4 Å². The summed E-state index contributed by atoms with van der Waals surface area (Å²) in [6, 6.07) is 0. The SMILES string of the molecule is CCCNc1nc(Cl)nc(NCC(N)=O)n1. The first-order valence-corrected chi connectivity index (χ1v) is 5.17. The van der Waals surface area contributed by atoms with E-state index in [1.807, 2.05) is 6.92 Å². The van der Waals surface area contributed by atoms with Crippen molar-refractivity contribution < 1.29 is 4.79 Å². The standard InChI is InChI=1S/C8H13ClN6O/c1-2-3-11-7-13-6(9)14-8(15-7)12-4-5(10)16/h2-4H2,1H3,(H2,10,16)(H2,11,12,13,14,15). The van der Waals surface area contributed by atoms with Crippen molar-refractivity contribution in [3.05, 3.63) is 5.28 Å². The van der Waals surface area contributed by atoms with Gasteiger partial charge >= 0.3 is 0 Å². The monoisotopic (exact) mass is 244 g/mol. The van der Waals surface area contributed by atoms with Gasteiger partial charge in [0.15, 0.2) is 0 Å². The number of hydrogen-bond donors (Lipinski definition) is 3. The van der Waals surface area contributed by atoms with Crippen molar-refractivity contribution in [1.29, 1.82) is 0 Å². The minimum absolute atomic E-state index is 0.0481. The van der Waals surface area contributed by atoms with Crippen LogP contribution in [-0.4, -0.2) is 33.9 Å². The van der Waals surface area contributed by atoms with Gasteiger partial charge in [-0.2, -0.15) is 15.0 Å². The Hall–Kier alpha value is -1.63. The Bertz CT molecular complexity index is 372. The van der Waals surface area contributed by atoms with E-state index >= 15 is 0 Å². The Morgan fingerprint density at radius 1 is 1.31 bits per heavy atom. The Morgan fingerprint density at radius 2 is 1.94 bits per heavy atom. The highest BCUT2D eigenvalue weighted by atomic mass is 35.5. The first-order valence-electron chi connectivity index (χ1n) is 4.79. The van der Waals surface area contributed by atoms with Gasteiger partial charge in [0.1, 0.15) is 0 Å². The molecule has 0 saturated carbocycles. The third-order valence-electron chi connectivity index (χ3n) is 1.56. The van der Waals surface area contributed by atoms with Gasteiger partial charge in [-0.1, -0.05) is 6.92 Å². The number of anilines is 2. The molecule has 0 unspecified atom stereocenters. The summed E-state index contributed by atoms with van der Waals surface area (Å²) in [6.45, 7) is 2.70. The van der Waals surface area contributed by atoms with E-state index < -0.39 is 5.91 Å². The predicted molar refractivity (Wildman–Crippen MR) is 61.3 cm³/mol. The van der Waals surface area contributed by atoms with Crippen molar-refractivity contribution in [1.82, 2.24) is 15.0 Å². The van der Waals surface area contributed by atoms with Gasteiger partial charge in [0.2, 0.25) is 23.1 Å². The molecule has 1 heterocycles. The maximum Gasteiger partial charge on any atom is 0.236 e. The number of carbonyl (C=O) groups is 1. The van der Waals surface area contributed by atoms with E-state index in [9.17, 15) is 4.79 Å². The van der Waals surface area contributed by atoms with E-state index in [0.29, 0.717) is 5.95 Å². The molecule has 4 N–H and O–H groups in total. The Labute approximate surface area is 97.8 Å². The topological polar surface area (TPSA) is 106 Å². The molecule has 1 amide bonds. The zero-order chi connectivity index (χ0) is 12.0. The van der Waals surface area contributed by atoms with Crippen molar-refractivity contribution in [3.63, 3.8) is 0 Å². The largest absolute Gasteiger partial charge is 0.368 e. The number of amides is 1.